The molecule has 100 valence electrons. The van der Waals surface area contributed by atoms with E-state index in [0.29, 0.717) is 0 Å². The monoisotopic (exact) mass is 470 g/mol. The van der Waals surface area contributed by atoms with Gasteiger partial charge >= 0.3 is 115 Å². The minimum atomic E-state index is -5.46. The number of hydrogen-bond acceptors (Lipinski definition) is 3. The van der Waals surface area contributed by atoms with Gasteiger partial charge in [0.05, 0.1) is 0 Å². The van der Waals surface area contributed by atoms with Crippen molar-refractivity contribution in [3.05, 3.63) is 8.94 Å². The van der Waals surface area contributed by atoms with Gasteiger partial charge in [0.1, 0.15) is 0 Å². The van der Waals surface area contributed by atoms with Crippen molar-refractivity contribution in [1.29, 1.82) is 0 Å². The molecule has 1 heterocycles. The van der Waals surface area contributed by atoms with Crippen LogP contribution in [0, 0.1) is 0 Å². The molecule has 1 aliphatic rings. The second-order valence-corrected chi connectivity index (χ2v) is 16.8. The van der Waals surface area contributed by atoms with Crippen LogP contribution in [0.2, 0.25) is 5.82 Å². The first-order chi connectivity index (χ1) is 7.60. The summed E-state index contributed by atoms with van der Waals surface area (Å²) in [6.45, 7) is 3.50. The summed E-state index contributed by atoms with van der Waals surface area (Å²) in [5, 5.41) is 0. The van der Waals surface area contributed by atoms with Crippen molar-refractivity contribution in [2.45, 2.75) is 25.2 Å². The molecule has 10 heteroatoms. The van der Waals surface area contributed by atoms with Gasteiger partial charge in [-0.15, -0.1) is 0 Å². The van der Waals surface area contributed by atoms with Gasteiger partial charge in [0, 0.05) is 0 Å². The fraction of sp³-hybridized carbons (Fsp3) is 0.571. The Kier molecular flexibility index (Phi) is 5.12. The topological polar surface area (TPSA) is 43.4 Å². The first kappa shape index (κ1) is 15.9. The molecule has 3 nitrogen and oxygen atoms in total. The molecule has 0 N–H and O–H groups in total. The first-order valence-electron chi connectivity index (χ1n) is 4.12. The molecule has 0 aromatic heterocycles. The Morgan fingerprint density at radius 3 is 2.29 bits per heavy atom. The predicted molar refractivity (Wildman–Crippen MR) is 62.6 cm³/mol. The Bertz CT molecular complexity index is 492. The molecule has 0 bridgehead atoms. The van der Waals surface area contributed by atoms with Crippen LogP contribution in [0.25, 0.3) is 0 Å². The van der Waals surface area contributed by atoms with Crippen LogP contribution < -0.4 is 0 Å². The van der Waals surface area contributed by atoms with Crippen molar-refractivity contribution in [2.75, 3.05) is 0 Å². The SMILES string of the molecule is C[Se]C1=[Se](OS(=O)(=O)C(F)(F)F)C(C)=C(C)[Se]1. The van der Waals surface area contributed by atoms with E-state index >= 15 is 0 Å². The quantitative estimate of drug-likeness (QED) is 0.457. The van der Waals surface area contributed by atoms with Gasteiger partial charge in [-0.3, -0.25) is 0 Å². The Morgan fingerprint density at radius 1 is 1.35 bits per heavy atom. The van der Waals surface area contributed by atoms with Gasteiger partial charge in [0.15, 0.2) is 0 Å². The van der Waals surface area contributed by atoms with Crippen LogP contribution >= 0.6 is 0 Å². The fourth-order valence-corrected chi connectivity index (χ4v) is 18.3. The molecule has 0 aromatic rings. The van der Waals surface area contributed by atoms with Crippen LogP contribution in [-0.4, -0.2) is 59.8 Å². The van der Waals surface area contributed by atoms with E-state index in [1.807, 2.05) is 12.7 Å². The summed E-state index contributed by atoms with van der Waals surface area (Å²) in [4.78, 5) is 0. The summed E-state index contributed by atoms with van der Waals surface area (Å²) in [6, 6.07) is 0. The molecule has 1 unspecified atom stereocenters. The zero-order chi connectivity index (χ0) is 13.4. The fourth-order valence-electron chi connectivity index (χ4n) is 0.815. The molecule has 1 rings (SSSR count). The van der Waals surface area contributed by atoms with Crippen LogP contribution in [0.5, 0.6) is 0 Å². The van der Waals surface area contributed by atoms with Gasteiger partial charge in [0.25, 0.3) is 0 Å². The van der Waals surface area contributed by atoms with E-state index in [0.717, 1.165) is 11.2 Å². The van der Waals surface area contributed by atoms with E-state index in [1.54, 1.807) is 6.92 Å². The molecule has 0 aliphatic carbocycles. The first-order valence-corrected chi connectivity index (χ1v) is 12.2. The molecule has 0 fully saturated rings. The molecule has 0 saturated heterocycles. The molecule has 0 spiro atoms. The van der Waals surface area contributed by atoms with Crippen molar-refractivity contribution >= 4 is 56.0 Å². The number of alkyl halides is 3. The molecule has 1 atom stereocenters. The van der Waals surface area contributed by atoms with E-state index in [2.05, 4.69) is 3.27 Å². The van der Waals surface area contributed by atoms with Crippen molar-refractivity contribution in [1.82, 2.24) is 0 Å². The molecule has 0 radical (unpaired) electrons. The van der Waals surface area contributed by atoms with Crippen LogP contribution in [0.15, 0.2) is 8.94 Å². The summed E-state index contributed by atoms with van der Waals surface area (Å²) >= 11 is -2.34. The van der Waals surface area contributed by atoms with Gasteiger partial charge in [-0.25, -0.2) is 0 Å². The Labute approximate surface area is 114 Å². The summed E-state index contributed by atoms with van der Waals surface area (Å²) < 4.78 is 65.8. The summed E-state index contributed by atoms with van der Waals surface area (Å²) in [5.74, 6) is 1.87. The average Bonchev–Trinajstić information content (AvgIpc) is 2.43. The third kappa shape index (κ3) is 3.45. The Balaban J connectivity index is 3.11. The zero-order valence-corrected chi connectivity index (χ0v) is 14.9. The van der Waals surface area contributed by atoms with Crippen LogP contribution in [0.4, 0.5) is 13.2 Å². The molecule has 17 heavy (non-hydrogen) atoms. The number of halogens is 3. The summed E-state index contributed by atoms with van der Waals surface area (Å²) in [6.07, 6.45) is 0. The summed E-state index contributed by atoms with van der Waals surface area (Å²) in [7, 11) is -5.46. The third-order valence-corrected chi connectivity index (χ3v) is 18.8. The van der Waals surface area contributed by atoms with E-state index in [4.69, 9.17) is 0 Å². The molecule has 0 saturated carbocycles. The number of rotatable bonds is 3. The maximum absolute atomic E-state index is 12.2. The van der Waals surface area contributed by atoms with E-state index < -0.39 is 29.4 Å². The van der Waals surface area contributed by atoms with Gasteiger partial charge in [-0.1, -0.05) is 0 Å². The second kappa shape index (κ2) is 5.47. The van der Waals surface area contributed by atoms with E-state index in [-0.39, 0.29) is 29.9 Å². The molecule has 0 aromatic carbocycles. The van der Waals surface area contributed by atoms with Crippen LogP contribution in [-0.2, 0) is 13.4 Å². The van der Waals surface area contributed by atoms with Crippen molar-refractivity contribution in [3.8, 4) is 0 Å². The van der Waals surface area contributed by atoms with Gasteiger partial charge in [-0.05, 0) is 0 Å². The molecular weight excluding hydrogens is 458 g/mol. The van der Waals surface area contributed by atoms with Crippen LogP contribution in [0.1, 0.15) is 13.8 Å². The van der Waals surface area contributed by atoms with E-state index in [9.17, 15) is 21.6 Å². The van der Waals surface area contributed by atoms with Gasteiger partial charge in [0.2, 0.25) is 0 Å². The standard InChI is InChI=1S/C7H9F3O3SSe3/c1-4-5(2)17(6(15-3)16-4)13-14(11,12)7(8,9)10/h1-3H3. The maximum atomic E-state index is 12.2. The van der Waals surface area contributed by atoms with Gasteiger partial charge < -0.3 is 0 Å². The summed E-state index contributed by atoms with van der Waals surface area (Å²) in [5.41, 5.74) is -5.33. The van der Waals surface area contributed by atoms with Gasteiger partial charge in [-0.2, -0.15) is 0 Å². The Hall–Kier alpha value is 0.868. The molecule has 1 aliphatic heterocycles. The third-order valence-electron chi connectivity index (χ3n) is 1.77. The average molecular weight is 467 g/mol. The zero-order valence-electron chi connectivity index (χ0n) is 8.99. The molecule has 0 amide bonds. The van der Waals surface area contributed by atoms with E-state index in [1.165, 1.54) is 0 Å². The van der Waals surface area contributed by atoms with Crippen molar-refractivity contribution in [3.63, 3.8) is 0 Å². The van der Waals surface area contributed by atoms with Crippen molar-refractivity contribution < 1.29 is 24.9 Å². The number of allylic oxidation sites excluding steroid dienone is 2. The second-order valence-electron chi connectivity index (χ2n) is 2.91. The van der Waals surface area contributed by atoms with Crippen LogP contribution in [0.3, 0.4) is 0 Å². The normalized spacial score (nSPS) is 22.5. The number of hydrogen-bond donors (Lipinski definition) is 0. The molecular formula is C7H9F3O3SSe3. The predicted octanol–water partition coefficient (Wildman–Crippen LogP) is 0.816. The Morgan fingerprint density at radius 2 is 1.88 bits per heavy atom. The van der Waals surface area contributed by atoms with Crippen molar-refractivity contribution in [2.24, 2.45) is 0 Å². The minimum absolute atomic E-state index is 0.00458.